The number of piperazine rings is 1. The molecule has 1 saturated heterocycles. The fourth-order valence-electron chi connectivity index (χ4n) is 3.33. The summed E-state index contributed by atoms with van der Waals surface area (Å²) in [5.41, 5.74) is 0. The van der Waals surface area contributed by atoms with Gasteiger partial charge >= 0.3 is 0 Å². The second-order valence-electron chi connectivity index (χ2n) is 7.15. The Bertz CT molecular complexity index is 394. The third-order valence-corrected chi connectivity index (χ3v) is 4.91. The molecule has 0 amide bonds. The molecule has 0 aromatic carbocycles. The van der Waals surface area contributed by atoms with Crippen LogP contribution in [0.15, 0.2) is 17.1 Å². The molecule has 140 valence electrons. The fourth-order valence-corrected chi connectivity index (χ4v) is 3.33. The first-order valence-electron chi connectivity index (χ1n) is 9.22. The molecule has 0 radical (unpaired) electrons. The standard InChI is InChI=1S/C18H35N5.HI/c1-5-19-18(21-16-8-6-7-9-16)20-14-17(15(2)3)23-12-10-22(4)11-13-23;/h6-7,15-17H,5,8-14H2,1-4H3,(H2,19,20,21);1H. The Hall–Kier alpha value is -0.340. The summed E-state index contributed by atoms with van der Waals surface area (Å²) in [6, 6.07) is 1.04. The van der Waals surface area contributed by atoms with Crippen LogP contribution < -0.4 is 10.6 Å². The third-order valence-electron chi connectivity index (χ3n) is 4.91. The zero-order valence-electron chi connectivity index (χ0n) is 15.8. The number of aliphatic imine (C=N–C) groups is 1. The minimum Gasteiger partial charge on any atom is -0.357 e. The molecule has 1 heterocycles. The predicted octanol–water partition coefficient (Wildman–Crippen LogP) is 2.15. The first kappa shape index (κ1) is 21.7. The molecule has 6 heteroatoms. The van der Waals surface area contributed by atoms with Crippen molar-refractivity contribution in [1.82, 2.24) is 20.4 Å². The molecule has 2 rings (SSSR count). The maximum Gasteiger partial charge on any atom is 0.191 e. The van der Waals surface area contributed by atoms with Crippen molar-refractivity contribution in [3.8, 4) is 0 Å². The number of rotatable bonds is 6. The van der Waals surface area contributed by atoms with Crippen LogP contribution in [0.5, 0.6) is 0 Å². The Labute approximate surface area is 165 Å². The van der Waals surface area contributed by atoms with E-state index in [4.69, 9.17) is 4.99 Å². The Morgan fingerprint density at radius 3 is 2.33 bits per heavy atom. The van der Waals surface area contributed by atoms with E-state index in [0.29, 0.717) is 18.0 Å². The molecule has 1 unspecified atom stereocenters. The van der Waals surface area contributed by atoms with Gasteiger partial charge in [-0.15, -0.1) is 24.0 Å². The predicted molar refractivity (Wildman–Crippen MR) is 114 cm³/mol. The van der Waals surface area contributed by atoms with Crippen molar-refractivity contribution in [2.45, 2.75) is 45.7 Å². The first-order chi connectivity index (χ1) is 11.1. The molecule has 24 heavy (non-hydrogen) atoms. The largest absolute Gasteiger partial charge is 0.357 e. The molecule has 0 saturated carbocycles. The number of guanidine groups is 1. The lowest BCUT2D eigenvalue weighted by Gasteiger charge is -2.39. The molecule has 1 fully saturated rings. The fraction of sp³-hybridized carbons (Fsp3) is 0.833. The molecule has 0 bridgehead atoms. The van der Waals surface area contributed by atoms with Crippen molar-refractivity contribution in [1.29, 1.82) is 0 Å². The normalized spacial score (nSPS) is 21.8. The van der Waals surface area contributed by atoms with Crippen molar-refractivity contribution in [2.75, 3.05) is 46.3 Å². The molecule has 1 aliphatic carbocycles. The quantitative estimate of drug-likeness (QED) is 0.282. The van der Waals surface area contributed by atoms with Crippen molar-refractivity contribution < 1.29 is 0 Å². The number of halogens is 1. The molecular formula is C18H36IN5. The molecule has 0 spiro atoms. The van der Waals surface area contributed by atoms with Crippen LogP contribution in [-0.4, -0.2) is 74.2 Å². The van der Waals surface area contributed by atoms with E-state index in [0.717, 1.165) is 45.0 Å². The molecule has 2 aliphatic rings. The zero-order chi connectivity index (χ0) is 16.7. The van der Waals surface area contributed by atoms with Gasteiger partial charge in [0, 0.05) is 44.8 Å². The van der Waals surface area contributed by atoms with Crippen LogP contribution in [-0.2, 0) is 0 Å². The molecule has 1 aliphatic heterocycles. The van der Waals surface area contributed by atoms with Crippen LogP contribution in [0.2, 0.25) is 0 Å². The highest BCUT2D eigenvalue weighted by Crippen LogP contribution is 2.14. The van der Waals surface area contributed by atoms with Gasteiger partial charge in [-0.05, 0) is 32.7 Å². The number of nitrogens with one attached hydrogen (secondary N) is 2. The summed E-state index contributed by atoms with van der Waals surface area (Å²) in [4.78, 5) is 9.94. The van der Waals surface area contributed by atoms with Gasteiger partial charge in [0.05, 0.1) is 6.54 Å². The SMILES string of the molecule is CCNC(=NCC(C(C)C)N1CCN(C)CC1)NC1CC=CC1.I. The first-order valence-corrected chi connectivity index (χ1v) is 9.22. The van der Waals surface area contributed by atoms with E-state index in [1.807, 2.05) is 0 Å². The highest BCUT2D eigenvalue weighted by molar-refractivity contribution is 14.0. The minimum absolute atomic E-state index is 0. The highest BCUT2D eigenvalue weighted by Gasteiger charge is 2.25. The summed E-state index contributed by atoms with van der Waals surface area (Å²) in [5.74, 6) is 1.60. The summed E-state index contributed by atoms with van der Waals surface area (Å²) in [7, 11) is 2.21. The van der Waals surface area contributed by atoms with Gasteiger partial charge in [-0.3, -0.25) is 9.89 Å². The smallest absolute Gasteiger partial charge is 0.191 e. The monoisotopic (exact) mass is 449 g/mol. The van der Waals surface area contributed by atoms with E-state index < -0.39 is 0 Å². The Kier molecular flexibility index (Phi) is 10.2. The van der Waals surface area contributed by atoms with Crippen molar-refractivity contribution in [3.05, 3.63) is 12.2 Å². The molecule has 5 nitrogen and oxygen atoms in total. The van der Waals surface area contributed by atoms with Gasteiger partial charge < -0.3 is 15.5 Å². The Morgan fingerprint density at radius 2 is 1.79 bits per heavy atom. The van der Waals surface area contributed by atoms with E-state index in [1.54, 1.807) is 0 Å². The topological polar surface area (TPSA) is 42.9 Å². The van der Waals surface area contributed by atoms with Gasteiger partial charge in [0.15, 0.2) is 5.96 Å². The number of hydrogen-bond acceptors (Lipinski definition) is 3. The average molecular weight is 449 g/mol. The number of likely N-dealkylation sites (N-methyl/N-ethyl adjacent to an activating group) is 1. The molecule has 1 atom stereocenters. The van der Waals surface area contributed by atoms with Gasteiger partial charge in [0.2, 0.25) is 0 Å². The Balaban J connectivity index is 0.00000288. The minimum atomic E-state index is 0. The van der Waals surface area contributed by atoms with Crippen LogP contribution in [0.25, 0.3) is 0 Å². The van der Waals surface area contributed by atoms with Gasteiger partial charge in [0.25, 0.3) is 0 Å². The van der Waals surface area contributed by atoms with Gasteiger partial charge in [-0.25, -0.2) is 0 Å². The summed E-state index contributed by atoms with van der Waals surface area (Å²) >= 11 is 0. The van der Waals surface area contributed by atoms with E-state index in [-0.39, 0.29) is 24.0 Å². The van der Waals surface area contributed by atoms with Crippen LogP contribution >= 0.6 is 24.0 Å². The molecule has 0 aromatic rings. The van der Waals surface area contributed by atoms with Gasteiger partial charge in [-0.1, -0.05) is 26.0 Å². The lowest BCUT2D eigenvalue weighted by molar-refractivity contribution is 0.0925. The lowest BCUT2D eigenvalue weighted by Crippen LogP contribution is -2.52. The molecular weight excluding hydrogens is 413 g/mol. The summed E-state index contributed by atoms with van der Waals surface area (Å²) < 4.78 is 0. The summed E-state index contributed by atoms with van der Waals surface area (Å²) in [5, 5.41) is 6.97. The van der Waals surface area contributed by atoms with Crippen LogP contribution in [0.3, 0.4) is 0 Å². The third kappa shape index (κ3) is 6.88. The van der Waals surface area contributed by atoms with Crippen molar-refractivity contribution in [2.24, 2.45) is 10.9 Å². The summed E-state index contributed by atoms with van der Waals surface area (Å²) in [6.45, 7) is 13.2. The van der Waals surface area contributed by atoms with Crippen LogP contribution in [0.4, 0.5) is 0 Å². The van der Waals surface area contributed by atoms with Gasteiger partial charge in [-0.2, -0.15) is 0 Å². The van der Waals surface area contributed by atoms with E-state index >= 15 is 0 Å². The average Bonchev–Trinajstić information content (AvgIpc) is 3.02. The van der Waals surface area contributed by atoms with E-state index in [1.165, 1.54) is 13.1 Å². The highest BCUT2D eigenvalue weighted by atomic mass is 127. The van der Waals surface area contributed by atoms with E-state index in [9.17, 15) is 0 Å². The van der Waals surface area contributed by atoms with E-state index in [2.05, 4.69) is 60.4 Å². The maximum atomic E-state index is 4.90. The number of hydrogen-bond donors (Lipinski definition) is 2. The lowest BCUT2D eigenvalue weighted by atomic mass is 10.0. The van der Waals surface area contributed by atoms with Crippen molar-refractivity contribution >= 4 is 29.9 Å². The summed E-state index contributed by atoms with van der Waals surface area (Å²) in [6.07, 6.45) is 6.72. The van der Waals surface area contributed by atoms with Crippen molar-refractivity contribution in [3.63, 3.8) is 0 Å². The maximum absolute atomic E-state index is 4.90. The second kappa shape index (κ2) is 11.3. The number of nitrogens with zero attached hydrogens (tertiary/aromatic N) is 3. The zero-order valence-corrected chi connectivity index (χ0v) is 18.1. The molecule has 0 aromatic heterocycles. The van der Waals surface area contributed by atoms with Crippen LogP contribution in [0.1, 0.15) is 33.6 Å². The Morgan fingerprint density at radius 1 is 1.17 bits per heavy atom. The second-order valence-corrected chi connectivity index (χ2v) is 7.15. The van der Waals surface area contributed by atoms with Gasteiger partial charge in [0.1, 0.15) is 0 Å². The van der Waals surface area contributed by atoms with Crippen LogP contribution in [0, 0.1) is 5.92 Å². The molecule has 2 N–H and O–H groups in total.